The summed E-state index contributed by atoms with van der Waals surface area (Å²) in [5.41, 5.74) is -0.429. The number of hydrogen-bond acceptors (Lipinski definition) is 3. The fourth-order valence-electron chi connectivity index (χ4n) is 2.85. The molecule has 0 radical (unpaired) electrons. The van der Waals surface area contributed by atoms with Gasteiger partial charge in [0.15, 0.2) is 23.3 Å². The van der Waals surface area contributed by atoms with Gasteiger partial charge in [0, 0.05) is 37.8 Å². The third-order valence-electron chi connectivity index (χ3n) is 4.18. The van der Waals surface area contributed by atoms with Crippen LogP contribution in [0.3, 0.4) is 0 Å². The molecule has 1 saturated heterocycles. The smallest absolute Gasteiger partial charge is 0.224 e. The van der Waals surface area contributed by atoms with E-state index < -0.39 is 40.1 Å². The van der Waals surface area contributed by atoms with E-state index in [-0.39, 0.29) is 12.0 Å². The predicted molar refractivity (Wildman–Crippen MR) is 82.1 cm³/mol. The fraction of sp³-hybridized carbons (Fsp3) is 0.438. The highest BCUT2D eigenvalue weighted by Gasteiger charge is 2.24. The van der Waals surface area contributed by atoms with Crippen molar-refractivity contribution in [1.29, 1.82) is 0 Å². The number of hydrogen-bond donors (Lipinski definition) is 2. The van der Waals surface area contributed by atoms with E-state index in [4.69, 9.17) is 4.74 Å². The van der Waals surface area contributed by atoms with Crippen LogP contribution in [0.2, 0.25) is 0 Å². The third-order valence-corrected chi connectivity index (χ3v) is 4.18. The maximum Gasteiger partial charge on any atom is 0.224 e. The second-order valence-corrected chi connectivity index (χ2v) is 5.80. The highest BCUT2D eigenvalue weighted by Crippen LogP contribution is 2.29. The van der Waals surface area contributed by atoms with Crippen LogP contribution in [0, 0.1) is 23.3 Å². The Balaban J connectivity index is 1.65. The predicted octanol–water partition coefficient (Wildman–Crippen LogP) is 1.72. The Morgan fingerprint density at radius 1 is 1.12 bits per heavy atom. The molecule has 1 amide bonds. The van der Waals surface area contributed by atoms with Crippen LogP contribution in [0.5, 0.6) is 0 Å². The zero-order chi connectivity index (χ0) is 18.0. The van der Waals surface area contributed by atoms with Crippen molar-refractivity contribution >= 4 is 16.8 Å². The number of carbonyl (C=O) groups is 1. The lowest BCUT2D eigenvalue weighted by atomic mass is 10.1. The van der Waals surface area contributed by atoms with E-state index in [0.29, 0.717) is 26.3 Å². The largest absolute Gasteiger partial charge is 0.379 e. The lowest BCUT2D eigenvalue weighted by Gasteiger charge is -2.26. The minimum Gasteiger partial charge on any atom is -0.379 e. The average molecular weight is 359 g/mol. The number of aromatic nitrogens is 1. The van der Waals surface area contributed by atoms with Crippen molar-refractivity contribution in [1.82, 2.24) is 15.2 Å². The van der Waals surface area contributed by atoms with Gasteiger partial charge in [0.05, 0.1) is 25.2 Å². The molecule has 1 aromatic heterocycles. The summed E-state index contributed by atoms with van der Waals surface area (Å²) >= 11 is 0. The first kappa shape index (κ1) is 17.7. The molecule has 136 valence electrons. The van der Waals surface area contributed by atoms with Crippen molar-refractivity contribution in [3.8, 4) is 0 Å². The van der Waals surface area contributed by atoms with E-state index in [9.17, 15) is 22.4 Å². The molecular formula is C16H17F4N3O2. The van der Waals surface area contributed by atoms with Gasteiger partial charge in [0.25, 0.3) is 0 Å². The van der Waals surface area contributed by atoms with Gasteiger partial charge in [-0.2, -0.15) is 0 Å². The van der Waals surface area contributed by atoms with Gasteiger partial charge in [0.1, 0.15) is 0 Å². The first-order chi connectivity index (χ1) is 12.0. The van der Waals surface area contributed by atoms with Gasteiger partial charge in [0.2, 0.25) is 5.91 Å². The molecule has 2 N–H and O–H groups in total. The Bertz CT molecular complexity index is 788. The minimum absolute atomic E-state index is 0.0640. The topological polar surface area (TPSA) is 57.4 Å². The van der Waals surface area contributed by atoms with Gasteiger partial charge in [-0.05, 0) is 5.56 Å². The number of halogens is 4. The normalized spacial score (nSPS) is 15.7. The standard InChI is InChI=1S/C16H17F4N3O2/c17-12-11-9(8-22-16(11)15(20)14(19)13(12)18)7-10(24)21-1-2-23-3-5-25-6-4-23/h8,22H,1-7H2,(H,21,24). The Hall–Kier alpha value is -2.13. The number of fused-ring (bicyclic) bond motifs is 1. The van der Waals surface area contributed by atoms with Crippen LogP contribution in [-0.4, -0.2) is 55.2 Å². The second kappa shape index (κ2) is 7.40. The molecule has 0 atom stereocenters. The lowest BCUT2D eigenvalue weighted by Crippen LogP contribution is -2.41. The fourth-order valence-corrected chi connectivity index (χ4v) is 2.85. The number of rotatable bonds is 5. The number of morpholine rings is 1. The van der Waals surface area contributed by atoms with Crippen molar-refractivity contribution in [2.24, 2.45) is 0 Å². The Kier molecular flexibility index (Phi) is 5.24. The van der Waals surface area contributed by atoms with Crippen LogP contribution in [0.1, 0.15) is 5.56 Å². The number of nitrogens with one attached hydrogen (secondary N) is 2. The molecule has 5 nitrogen and oxygen atoms in total. The maximum atomic E-state index is 13.9. The summed E-state index contributed by atoms with van der Waals surface area (Å²) in [6, 6.07) is 0. The molecule has 0 saturated carbocycles. The average Bonchev–Trinajstić information content (AvgIpc) is 3.02. The highest BCUT2D eigenvalue weighted by molar-refractivity contribution is 5.89. The number of nitrogens with zero attached hydrogens (tertiary/aromatic N) is 1. The van der Waals surface area contributed by atoms with Gasteiger partial charge in [-0.15, -0.1) is 0 Å². The van der Waals surface area contributed by atoms with Crippen LogP contribution in [-0.2, 0) is 16.0 Å². The molecule has 25 heavy (non-hydrogen) atoms. The summed E-state index contributed by atoms with van der Waals surface area (Å²) in [5, 5.41) is 2.23. The number of ether oxygens (including phenoxy) is 1. The van der Waals surface area contributed by atoms with Crippen molar-refractivity contribution in [2.45, 2.75) is 6.42 Å². The second-order valence-electron chi connectivity index (χ2n) is 5.80. The molecule has 1 aliphatic rings. The number of amides is 1. The van der Waals surface area contributed by atoms with Gasteiger partial charge in [-0.1, -0.05) is 0 Å². The Morgan fingerprint density at radius 2 is 1.80 bits per heavy atom. The van der Waals surface area contributed by atoms with E-state index in [0.717, 1.165) is 13.1 Å². The molecule has 0 spiro atoms. The first-order valence-corrected chi connectivity index (χ1v) is 7.87. The molecule has 2 aromatic rings. The molecule has 1 fully saturated rings. The summed E-state index contributed by atoms with van der Waals surface area (Å²) in [6.07, 6.45) is 0.905. The first-order valence-electron chi connectivity index (χ1n) is 7.87. The van der Waals surface area contributed by atoms with Gasteiger partial charge < -0.3 is 15.0 Å². The van der Waals surface area contributed by atoms with Gasteiger partial charge >= 0.3 is 0 Å². The number of carbonyl (C=O) groups excluding carboxylic acids is 1. The van der Waals surface area contributed by atoms with E-state index in [1.165, 1.54) is 6.20 Å². The van der Waals surface area contributed by atoms with Crippen LogP contribution >= 0.6 is 0 Å². The zero-order valence-corrected chi connectivity index (χ0v) is 13.3. The summed E-state index contributed by atoms with van der Waals surface area (Å²) in [4.78, 5) is 16.5. The quantitative estimate of drug-likeness (QED) is 0.486. The summed E-state index contributed by atoms with van der Waals surface area (Å²) in [5.74, 6) is -7.20. The molecule has 9 heteroatoms. The van der Waals surface area contributed by atoms with Crippen LogP contribution in [0.4, 0.5) is 17.6 Å². The van der Waals surface area contributed by atoms with E-state index in [1.807, 2.05) is 0 Å². The molecule has 0 aliphatic carbocycles. The molecule has 1 aromatic carbocycles. The summed E-state index contributed by atoms with van der Waals surface area (Å²) in [7, 11) is 0. The number of aromatic amines is 1. The molecule has 0 bridgehead atoms. The van der Waals surface area contributed by atoms with Crippen LogP contribution < -0.4 is 5.32 Å². The van der Waals surface area contributed by atoms with Crippen molar-refractivity contribution in [2.75, 3.05) is 39.4 Å². The van der Waals surface area contributed by atoms with Crippen molar-refractivity contribution < 1.29 is 27.1 Å². The van der Waals surface area contributed by atoms with Crippen molar-refractivity contribution in [3.63, 3.8) is 0 Å². The summed E-state index contributed by atoms with van der Waals surface area (Å²) < 4.78 is 59.5. The van der Waals surface area contributed by atoms with Gasteiger partial charge in [-0.3, -0.25) is 9.69 Å². The number of benzene rings is 1. The highest BCUT2D eigenvalue weighted by atomic mass is 19.2. The molecule has 2 heterocycles. The van der Waals surface area contributed by atoms with E-state index >= 15 is 0 Å². The van der Waals surface area contributed by atoms with E-state index in [1.54, 1.807) is 0 Å². The monoisotopic (exact) mass is 359 g/mol. The molecule has 3 rings (SSSR count). The van der Waals surface area contributed by atoms with E-state index in [2.05, 4.69) is 15.2 Å². The Morgan fingerprint density at radius 3 is 2.52 bits per heavy atom. The zero-order valence-electron chi connectivity index (χ0n) is 13.3. The van der Waals surface area contributed by atoms with Gasteiger partial charge in [-0.25, -0.2) is 17.6 Å². The SMILES string of the molecule is O=C(Cc1c[nH]c2c(F)c(F)c(F)c(F)c12)NCCN1CCOCC1. The minimum atomic E-state index is -1.89. The number of H-pyrrole nitrogens is 1. The third kappa shape index (κ3) is 3.62. The molecular weight excluding hydrogens is 342 g/mol. The lowest BCUT2D eigenvalue weighted by molar-refractivity contribution is -0.120. The van der Waals surface area contributed by atoms with Crippen LogP contribution in [0.25, 0.3) is 10.9 Å². The molecule has 1 aliphatic heterocycles. The molecule has 0 unspecified atom stereocenters. The maximum absolute atomic E-state index is 13.9. The van der Waals surface area contributed by atoms with Crippen LogP contribution in [0.15, 0.2) is 6.20 Å². The Labute approximate surface area is 140 Å². The van der Waals surface area contributed by atoms with Crippen molar-refractivity contribution in [3.05, 3.63) is 35.0 Å². The summed E-state index contributed by atoms with van der Waals surface area (Å²) in [6.45, 7) is 3.90.